The Morgan fingerprint density at radius 2 is 2.06 bits per heavy atom. The molecule has 3 N–H and O–H groups in total. The number of aryl methyl sites for hydroxylation is 1. The lowest BCUT2D eigenvalue weighted by Crippen LogP contribution is -2.12. The zero-order valence-electron chi connectivity index (χ0n) is 9.11. The number of rotatable bonds is 1. The van der Waals surface area contributed by atoms with Crippen molar-refractivity contribution < 1.29 is 0 Å². The standard InChI is InChI=1S/C13H15N3/c14-13-15-11-7-6-10(8-12(11)16-13)9-4-2-1-3-5-9/h1-5,10H,6-8H2,(H3,14,15,16). The normalized spacial score (nSPS) is 19.4. The first-order valence-electron chi connectivity index (χ1n) is 5.71. The molecular weight excluding hydrogens is 198 g/mol. The van der Waals surface area contributed by atoms with E-state index in [4.69, 9.17) is 5.73 Å². The Labute approximate surface area is 94.7 Å². The molecule has 1 aliphatic rings. The Morgan fingerprint density at radius 3 is 2.88 bits per heavy atom. The highest BCUT2D eigenvalue weighted by molar-refractivity contribution is 5.32. The Bertz CT molecular complexity index is 487. The minimum absolute atomic E-state index is 0.554. The number of imidazole rings is 1. The van der Waals surface area contributed by atoms with Gasteiger partial charge in [0.1, 0.15) is 0 Å². The Kier molecular flexibility index (Phi) is 2.17. The number of fused-ring (bicyclic) bond motifs is 1. The molecule has 0 bridgehead atoms. The predicted octanol–water partition coefficient (Wildman–Crippen LogP) is 2.26. The maximum atomic E-state index is 5.68. The molecule has 1 heterocycles. The first kappa shape index (κ1) is 9.46. The lowest BCUT2D eigenvalue weighted by atomic mass is 9.85. The first-order valence-corrected chi connectivity index (χ1v) is 5.71. The summed E-state index contributed by atoms with van der Waals surface area (Å²) in [5.74, 6) is 1.16. The third-order valence-electron chi connectivity index (χ3n) is 3.33. The van der Waals surface area contributed by atoms with Gasteiger partial charge in [-0.25, -0.2) is 4.98 Å². The Hall–Kier alpha value is -1.77. The van der Waals surface area contributed by atoms with E-state index >= 15 is 0 Å². The Balaban J connectivity index is 1.88. The van der Waals surface area contributed by atoms with Crippen LogP contribution in [0.4, 0.5) is 5.95 Å². The number of aromatic nitrogens is 2. The van der Waals surface area contributed by atoms with Crippen LogP contribution < -0.4 is 5.73 Å². The number of aromatic amines is 1. The fourth-order valence-electron chi connectivity index (χ4n) is 2.51. The van der Waals surface area contributed by atoms with Gasteiger partial charge in [-0.3, -0.25) is 0 Å². The molecule has 82 valence electrons. The fourth-order valence-corrected chi connectivity index (χ4v) is 2.51. The average Bonchev–Trinajstić information content (AvgIpc) is 2.69. The van der Waals surface area contributed by atoms with Crippen molar-refractivity contribution >= 4 is 5.95 Å². The van der Waals surface area contributed by atoms with Gasteiger partial charge in [-0.15, -0.1) is 0 Å². The van der Waals surface area contributed by atoms with Gasteiger partial charge in [0.25, 0.3) is 0 Å². The van der Waals surface area contributed by atoms with E-state index in [2.05, 4.69) is 40.3 Å². The van der Waals surface area contributed by atoms with Crippen molar-refractivity contribution in [3.05, 3.63) is 47.3 Å². The van der Waals surface area contributed by atoms with Gasteiger partial charge in [-0.1, -0.05) is 30.3 Å². The van der Waals surface area contributed by atoms with Gasteiger partial charge in [0.05, 0.1) is 5.69 Å². The molecule has 1 atom stereocenters. The SMILES string of the molecule is Nc1nc2c([nH]1)CC(c1ccccc1)CC2. The van der Waals surface area contributed by atoms with Gasteiger partial charge in [0.15, 0.2) is 5.95 Å². The maximum Gasteiger partial charge on any atom is 0.197 e. The van der Waals surface area contributed by atoms with Crippen LogP contribution in [0.15, 0.2) is 30.3 Å². The molecule has 3 rings (SSSR count). The summed E-state index contributed by atoms with van der Waals surface area (Å²) in [4.78, 5) is 7.46. The second-order valence-corrected chi connectivity index (χ2v) is 4.40. The number of nitrogens with zero attached hydrogens (tertiary/aromatic N) is 1. The zero-order chi connectivity index (χ0) is 11.0. The number of anilines is 1. The molecule has 1 aromatic heterocycles. The summed E-state index contributed by atoms with van der Waals surface area (Å²) in [7, 11) is 0. The molecule has 16 heavy (non-hydrogen) atoms. The number of hydrogen-bond acceptors (Lipinski definition) is 2. The van der Waals surface area contributed by atoms with E-state index < -0.39 is 0 Å². The summed E-state index contributed by atoms with van der Waals surface area (Å²) in [5.41, 5.74) is 9.47. The quantitative estimate of drug-likeness (QED) is 0.763. The van der Waals surface area contributed by atoms with E-state index in [1.165, 1.54) is 17.7 Å². The van der Waals surface area contributed by atoms with Crippen LogP contribution in [0.5, 0.6) is 0 Å². The van der Waals surface area contributed by atoms with Crippen molar-refractivity contribution in [3.8, 4) is 0 Å². The predicted molar refractivity (Wildman–Crippen MR) is 64.2 cm³/mol. The molecule has 2 aromatic rings. The minimum Gasteiger partial charge on any atom is -0.369 e. The lowest BCUT2D eigenvalue weighted by Gasteiger charge is -2.21. The lowest BCUT2D eigenvalue weighted by molar-refractivity contribution is 0.572. The van der Waals surface area contributed by atoms with Gasteiger partial charge in [-0.2, -0.15) is 0 Å². The van der Waals surface area contributed by atoms with Gasteiger partial charge in [0.2, 0.25) is 0 Å². The second-order valence-electron chi connectivity index (χ2n) is 4.40. The number of benzene rings is 1. The fraction of sp³-hybridized carbons (Fsp3) is 0.308. The molecule has 3 nitrogen and oxygen atoms in total. The summed E-state index contributed by atoms with van der Waals surface area (Å²) in [5, 5.41) is 0. The van der Waals surface area contributed by atoms with Crippen molar-refractivity contribution in [1.29, 1.82) is 0 Å². The summed E-state index contributed by atoms with van der Waals surface area (Å²) in [6.07, 6.45) is 3.23. The van der Waals surface area contributed by atoms with E-state index in [-0.39, 0.29) is 0 Å². The van der Waals surface area contributed by atoms with Gasteiger partial charge in [-0.05, 0) is 30.7 Å². The van der Waals surface area contributed by atoms with Crippen LogP contribution in [0.3, 0.4) is 0 Å². The Morgan fingerprint density at radius 1 is 1.25 bits per heavy atom. The topological polar surface area (TPSA) is 54.7 Å². The highest BCUT2D eigenvalue weighted by atomic mass is 15.0. The molecular formula is C13H15N3. The van der Waals surface area contributed by atoms with Gasteiger partial charge < -0.3 is 10.7 Å². The second kappa shape index (κ2) is 3.67. The summed E-state index contributed by atoms with van der Waals surface area (Å²) >= 11 is 0. The molecule has 0 radical (unpaired) electrons. The van der Waals surface area contributed by atoms with Crippen LogP contribution in [-0.2, 0) is 12.8 Å². The zero-order valence-corrected chi connectivity index (χ0v) is 9.11. The number of hydrogen-bond donors (Lipinski definition) is 2. The van der Waals surface area contributed by atoms with E-state index in [0.717, 1.165) is 18.5 Å². The average molecular weight is 213 g/mol. The third-order valence-corrected chi connectivity index (χ3v) is 3.33. The summed E-state index contributed by atoms with van der Waals surface area (Å²) in [6, 6.07) is 10.7. The molecule has 1 aromatic carbocycles. The van der Waals surface area contributed by atoms with E-state index in [1.54, 1.807) is 0 Å². The van der Waals surface area contributed by atoms with E-state index in [0.29, 0.717) is 11.9 Å². The van der Waals surface area contributed by atoms with Crippen LogP contribution in [0.25, 0.3) is 0 Å². The van der Waals surface area contributed by atoms with Gasteiger partial charge in [0, 0.05) is 5.69 Å². The first-order chi connectivity index (χ1) is 7.83. The van der Waals surface area contributed by atoms with Crippen LogP contribution >= 0.6 is 0 Å². The molecule has 0 saturated carbocycles. The molecule has 0 aliphatic heterocycles. The highest BCUT2D eigenvalue weighted by Gasteiger charge is 2.22. The van der Waals surface area contributed by atoms with Crippen LogP contribution in [0.1, 0.15) is 29.3 Å². The van der Waals surface area contributed by atoms with Crippen molar-refractivity contribution in [2.24, 2.45) is 0 Å². The monoisotopic (exact) mass is 213 g/mol. The van der Waals surface area contributed by atoms with Crippen molar-refractivity contribution in [3.63, 3.8) is 0 Å². The van der Waals surface area contributed by atoms with E-state index in [9.17, 15) is 0 Å². The summed E-state index contributed by atoms with van der Waals surface area (Å²) in [6.45, 7) is 0. The summed E-state index contributed by atoms with van der Waals surface area (Å²) < 4.78 is 0. The smallest absolute Gasteiger partial charge is 0.197 e. The molecule has 1 aliphatic carbocycles. The minimum atomic E-state index is 0.554. The number of nitrogen functional groups attached to an aromatic ring is 1. The van der Waals surface area contributed by atoms with Crippen molar-refractivity contribution in [2.75, 3.05) is 5.73 Å². The van der Waals surface area contributed by atoms with Gasteiger partial charge >= 0.3 is 0 Å². The third kappa shape index (κ3) is 1.58. The number of nitrogens with one attached hydrogen (secondary N) is 1. The number of nitrogens with two attached hydrogens (primary N) is 1. The molecule has 0 amide bonds. The highest BCUT2D eigenvalue weighted by Crippen LogP contribution is 2.31. The number of H-pyrrole nitrogens is 1. The van der Waals surface area contributed by atoms with Crippen LogP contribution in [0, 0.1) is 0 Å². The van der Waals surface area contributed by atoms with E-state index in [1.807, 2.05) is 0 Å². The largest absolute Gasteiger partial charge is 0.369 e. The maximum absolute atomic E-state index is 5.68. The van der Waals surface area contributed by atoms with Crippen LogP contribution in [0.2, 0.25) is 0 Å². The molecule has 0 fully saturated rings. The molecule has 3 heteroatoms. The molecule has 0 saturated heterocycles. The molecule has 0 spiro atoms. The van der Waals surface area contributed by atoms with Crippen molar-refractivity contribution in [2.45, 2.75) is 25.2 Å². The molecule has 1 unspecified atom stereocenters. The van der Waals surface area contributed by atoms with Crippen LogP contribution in [-0.4, -0.2) is 9.97 Å². The van der Waals surface area contributed by atoms with Crippen molar-refractivity contribution in [1.82, 2.24) is 9.97 Å².